The molecule has 0 aromatic heterocycles. The number of hydrogen-bond acceptors (Lipinski definition) is 1. The molecule has 4 radical (unpaired) electrons. The zero-order valence-corrected chi connectivity index (χ0v) is 6.22. The molecule has 0 fully saturated rings. The van der Waals surface area contributed by atoms with Crippen LogP contribution in [0.25, 0.3) is 0 Å². The summed E-state index contributed by atoms with van der Waals surface area (Å²) in [5.74, 6) is 0. The Bertz CT molecular complexity index is 217. The van der Waals surface area contributed by atoms with Crippen LogP contribution in [0.5, 0.6) is 0 Å². The number of benzene rings is 1. The Labute approximate surface area is 67.4 Å². The van der Waals surface area contributed by atoms with Gasteiger partial charge in [0.25, 0.3) is 0 Å². The van der Waals surface area contributed by atoms with Crippen LogP contribution in [0.1, 0.15) is 12.0 Å². The van der Waals surface area contributed by atoms with E-state index in [-0.39, 0.29) is 0 Å². The van der Waals surface area contributed by atoms with Gasteiger partial charge in [-0.1, -0.05) is 18.2 Å². The lowest BCUT2D eigenvalue weighted by Crippen LogP contribution is -1.92. The fourth-order valence-corrected chi connectivity index (χ4v) is 1.23. The molecular formula is C10H9N. The molecule has 0 atom stereocenters. The Morgan fingerprint density at radius 1 is 1.27 bits per heavy atom. The predicted molar refractivity (Wildman–Crippen MR) is 44.9 cm³/mol. The molecule has 0 aliphatic carbocycles. The first-order valence-corrected chi connectivity index (χ1v) is 3.78. The van der Waals surface area contributed by atoms with Gasteiger partial charge in [0, 0.05) is 12.1 Å². The molecule has 2 rings (SSSR count). The monoisotopic (exact) mass is 143 g/mol. The molecule has 1 aromatic rings. The first-order chi connectivity index (χ1) is 5.47. The van der Waals surface area contributed by atoms with Gasteiger partial charge in [0.15, 0.2) is 0 Å². The maximum atomic E-state index is 3.06. The lowest BCUT2D eigenvalue weighted by molar-refractivity contribution is 0.967. The van der Waals surface area contributed by atoms with Gasteiger partial charge in [-0.15, -0.1) is 0 Å². The molecule has 1 aromatic carbocycles. The molecular weight excluding hydrogens is 134 g/mol. The van der Waals surface area contributed by atoms with Crippen molar-refractivity contribution in [2.24, 2.45) is 0 Å². The first kappa shape index (κ1) is 6.71. The predicted octanol–water partition coefficient (Wildman–Crippen LogP) is 2.16. The van der Waals surface area contributed by atoms with E-state index in [0.717, 1.165) is 18.5 Å². The summed E-state index contributed by atoms with van der Waals surface area (Å²) in [5.41, 5.74) is 2.52. The zero-order chi connectivity index (χ0) is 7.52. The third-order valence-corrected chi connectivity index (χ3v) is 1.82. The van der Waals surface area contributed by atoms with E-state index < -0.39 is 0 Å². The van der Waals surface area contributed by atoms with Crippen LogP contribution in [0.15, 0.2) is 24.3 Å². The highest BCUT2D eigenvalue weighted by Gasteiger charge is 2.05. The molecule has 1 N–H and O–H groups in total. The summed E-state index contributed by atoms with van der Waals surface area (Å²) in [7, 11) is 0. The van der Waals surface area contributed by atoms with E-state index in [1.54, 1.807) is 0 Å². The second kappa shape index (κ2) is 2.95. The fourth-order valence-electron chi connectivity index (χ4n) is 1.23. The Balaban J connectivity index is 2.33. The van der Waals surface area contributed by atoms with Gasteiger partial charge in [0.1, 0.15) is 0 Å². The normalized spacial score (nSPS) is 16.4. The maximum absolute atomic E-state index is 3.06. The van der Waals surface area contributed by atoms with Crippen LogP contribution >= 0.6 is 0 Å². The van der Waals surface area contributed by atoms with E-state index in [0.29, 0.717) is 0 Å². The number of para-hydroxylation sites is 1. The molecule has 1 aliphatic rings. The molecule has 0 bridgehead atoms. The Morgan fingerprint density at radius 3 is 3.18 bits per heavy atom. The molecule has 0 saturated heterocycles. The SMILES string of the molecule is [C]1[C]Nc2ccccc2CC1. The third kappa shape index (κ3) is 1.37. The molecule has 11 heavy (non-hydrogen) atoms. The van der Waals surface area contributed by atoms with Crippen LogP contribution < -0.4 is 5.32 Å². The third-order valence-electron chi connectivity index (χ3n) is 1.82. The largest absolute Gasteiger partial charge is 0.374 e. The van der Waals surface area contributed by atoms with Crippen molar-refractivity contribution in [3.8, 4) is 0 Å². The highest BCUT2D eigenvalue weighted by molar-refractivity contribution is 5.53. The van der Waals surface area contributed by atoms with Crippen LogP contribution in [0, 0.1) is 13.0 Å². The summed E-state index contributed by atoms with van der Waals surface area (Å²) in [5, 5.41) is 3.06. The molecule has 1 aliphatic heterocycles. The van der Waals surface area contributed by atoms with E-state index in [1.165, 1.54) is 5.56 Å². The van der Waals surface area contributed by atoms with Gasteiger partial charge in [0.2, 0.25) is 0 Å². The van der Waals surface area contributed by atoms with Crippen molar-refractivity contribution in [3.63, 3.8) is 0 Å². The minimum atomic E-state index is 0.962. The van der Waals surface area contributed by atoms with Crippen molar-refractivity contribution in [2.75, 3.05) is 5.32 Å². The Kier molecular flexibility index (Phi) is 1.80. The number of fused-ring (bicyclic) bond motifs is 1. The molecule has 0 spiro atoms. The van der Waals surface area contributed by atoms with Crippen LogP contribution in [0.3, 0.4) is 0 Å². The highest BCUT2D eigenvalue weighted by Crippen LogP contribution is 2.21. The average molecular weight is 143 g/mol. The molecule has 0 unspecified atom stereocenters. The highest BCUT2D eigenvalue weighted by atomic mass is 14.9. The van der Waals surface area contributed by atoms with Crippen molar-refractivity contribution >= 4 is 5.69 Å². The summed E-state index contributed by atoms with van der Waals surface area (Å²) in [6.45, 7) is 2.90. The standard InChI is InChI=1S/C10H9N/c1-2-7-10-9(5-1)6-3-4-8-11-10/h1-2,5,7,11H,3,6H2. The van der Waals surface area contributed by atoms with Crippen molar-refractivity contribution in [2.45, 2.75) is 12.8 Å². The van der Waals surface area contributed by atoms with Crippen LogP contribution in [-0.4, -0.2) is 0 Å². The number of hydrogen-bond donors (Lipinski definition) is 1. The molecule has 1 heteroatoms. The smallest absolute Gasteiger partial charge is 0.0963 e. The van der Waals surface area contributed by atoms with E-state index in [2.05, 4.69) is 36.5 Å². The number of rotatable bonds is 0. The summed E-state index contributed by atoms with van der Waals surface area (Å²) in [4.78, 5) is 0. The van der Waals surface area contributed by atoms with Gasteiger partial charge < -0.3 is 5.32 Å². The van der Waals surface area contributed by atoms with Gasteiger partial charge in [-0.3, -0.25) is 0 Å². The molecule has 0 saturated carbocycles. The lowest BCUT2D eigenvalue weighted by Gasteiger charge is -2.04. The van der Waals surface area contributed by atoms with E-state index in [1.807, 2.05) is 6.07 Å². The zero-order valence-electron chi connectivity index (χ0n) is 6.22. The van der Waals surface area contributed by atoms with Crippen LogP contribution in [0.2, 0.25) is 0 Å². The molecule has 1 nitrogen and oxygen atoms in total. The second-order valence-corrected chi connectivity index (χ2v) is 2.58. The second-order valence-electron chi connectivity index (χ2n) is 2.58. The minimum absolute atomic E-state index is 0.962. The number of aryl methyl sites for hydroxylation is 1. The van der Waals surface area contributed by atoms with Crippen molar-refractivity contribution < 1.29 is 0 Å². The van der Waals surface area contributed by atoms with E-state index >= 15 is 0 Å². The summed E-state index contributed by atoms with van der Waals surface area (Å²) in [6.07, 6.45) is 5.06. The maximum Gasteiger partial charge on any atom is 0.0963 e. The van der Waals surface area contributed by atoms with E-state index in [9.17, 15) is 0 Å². The van der Waals surface area contributed by atoms with Gasteiger partial charge in [-0.2, -0.15) is 0 Å². The van der Waals surface area contributed by atoms with Crippen molar-refractivity contribution in [1.29, 1.82) is 0 Å². The lowest BCUT2D eigenvalue weighted by atomic mass is 10.1. The van der Waals surface area contributed by atoms with Gasteiger partial charge in [0.05, 0.1) is 6.54 Å². The van der Waals surface area contributed by atoms with Crippen LogP contribution in [-0.2, 0) is 6.42 Å². The summed E-state index contributed by atoms with van der Waals surface area (Å²) < 4.78 is 0. The summed E-state index contributed by atoms with van der Waals surface area (Å²) >= 11 is 0. The average Bonchev–Trinajstić information content (AvgIpc) is 2.28. The van der Waals surface area contributed by atoms with Gasteiger partial charge in [-0.05, 0) is 24.5 Å². The van der Waals surface area contributed by atoms with Crippen molar-refractivity contribution in [1.82, 2.24) is 0 Å². The summed E-state index contributed by atoms with van der Waals surface area (Å²) in [6, 6.07) is 8.29. The van der Waals surface area contributed by atoms with Gasteiger partial charge >= 0.3 is 0 Å². The minimum Gasteiger partial charge on any atom is -0.374 e. The Morgan fingerprint density at radius 2 is 2.18 bits per heavy atom. The van der Waals surface area contributed by atoms with Crippen molar-refractivity contribution in [3.05, 3.63) is 42.8 Å². The topological polar surface area (TPSA) is 12.0 Å². The number of anilines is 1. The van der Waals surface area contributed by atoms with Gasteiger partial charge in [-0.25, -0.2) is 0 Å². The number of nitrogens with one attached hydrogen (secondary N) is 1. The van der Waals surface area contributed by atoms with Crippen LogP contribution in [0.4, 0.5) is 5.69 Å². The Hall–Kier alpha value is -0.980. The van der Waals surface area contributed by atoms with E-state index in [4.69, 9.17) is 0 Å². The first-order valence-electron chi connectivity index (χ1n) is 3.78. The molecule has 1 heterocycles. The molecule has 0 amide bonds. The quantitative estimate of drug-likeness (QED) is 0.586. The molecule has 54 valence electrons. The fraction of sp³-hybridized carbons (Fsp3) is 0.200.